The van der Waals surface area contributed by atoms with Crippen LogP contribution in [0.4, 0.5) is 6.01 Å². The number of hydrogen-bond acceptors (Lipinski definition) is 5. The van der Waals surface area contributed by atoms with Crippen LogP contribution in [0.2, 0.25) is 5.02 Å². The molecule has 0 saturated carbocycles. The number of rotatable bonds is 3. The summed E-state index contributed by atoms with van der Waals surface area (Å²) in [7, 11) is 1.78. The average molecular weight is 304 g/mol. The molecule has 106 valence electrons. The maximum absolute atomic E-state index is 12.0. The Labute approximate surface area is 124 Å². The molecule has 0 bridgehead atoms. The second-order valence-electron chi connectivity index (χ2n) is 4.25. The third-order valence-electron chi connectivity index (χ3n) is 2.67. The molecule has 3 rings (SSSR count). The Kier molecular flexibility index (Phi) is 3.41. The lowest BCUT2D eigenvalue weighted by Gasteiger charge is -2.00. The van der Waals surface area contributed by atoms with E-state index in [9.17, 15) is 4.79 Å². The van der Waals surface area contributed by atoms with Crippen LogP contribution >= 0.6 is 11.6 Å². The molecule has 1 amide bonds. The molecule has 0 unspecified atom stereocenters. The lowest BCUT2D eigenvalue weighted by Crippen LogP contribution is -2.11. The topological polar surface area (TPSA) is 85.8 Å². The minimum absolute atomic E-state index is 0.000582. The molecule has 0 saturated heterocycles. The molecule has 0 aliphatic heterocycles. The quantitative estimate of drug-likeness (QED) is 0.803. The molecule has 0 spiro atoms. The number of carbonyl (C=O) groups excluding carboxylic acids is 1. The number of hydrogen-bond donors (Lipinski definition) is 1. The molecule has 0 aliphatic rings. The minimum atomic E-state index is -0.381. The monoisotopic (exact) mass is 303 g/mol. The summed E-state index contributed by atoms with van der Waals surface area (Å²) in [6, 6.07) is 8.29. The second-order valence-corrected chi connectivity index (χ2v) is 4.69. The van der Waals surface area contributed by atoms with Crippen LogP contribution in [0.15, 0.2) is 40.9 Å². The summed E-state index contributed by atoms with van der Waals surface area (Å²) in [6.07, 6.45) is 1.75. The van der Waals surface area contributed by atoms with Crippen LogP contribution in [0.3, 0.4) is 0 Å². The molecule has 1 N–H and O–H groups in total. The average Bonchev–Trinajstić information content (AvgIpc) is 3.07. The second kappa shape index (κ2) is 5.37. The number of nitrogens with one attached hydrogen (secondary N) is 1. The fourth-order valence-electron chi connectivity index (χ4n) is 1.71. The van der Waals surface area contributed by atoms with Gasteiger partial charge < -0.3 is 4.42 Å². The van der Waals surface area contributed by atoms with E-state index in [1.54, 1.807) is 48.3 Å². The molecule has 1 aromatic carbocycles. The van der Waals surface area contributed by atoms with E-state index < -0.39 is 0 Å². The standard InChI is InChI=1S/C13H10ClN5O2/c1-19-6-5-10(18-19)12-16-17-13(21-12)15-11(20)8-3-2-4-9(14)7-8/h2-7H,1H3,(H,15,17,20). The van der Waals surface area contributed by atoms with Gasteiger partial charge in [0.1, 0.15) is 5.69 Å². The molecular weight excluding hydrogens is 294 g/mol. The summed E-state index contributed by atoms with van der Waals surface area (Å²) in [5.74, 6) is -0.147. The molecule has 0 atom stereocenters. The molecule has 0 radical (unpaired) electrons. The van der Waals surface area contributed by atoms with Crippen molar-refractivity contribution in [3.05, 3.63) is 47.1 Å². The van der Waals surface area contributed by atoms with E-state index in [0.29, 0.717) is 16.3 Å². The van der Waals surface area contributed by atoms with Crippen molar-refractivity contribution >= 4 is 23.5 Å². The molecule has 8 heteroatoms. The Bertz CT molecular complexity index is 795. The van der Waals surface area contributed by atoms with Gasteiger partial charge in [0, 0.05) is 23.8 Å². The zero-order valence-corrected chi connectivity index (χ0v) is 11.7. The molecule has 3 aromatic rings. The van der Waals surface area contributed by atoms with Crippen molar-refractivity contribution in [2.24, 2.45) is 7.05 Å². The summed E-state index contributed by atoms with van der Waals surface area (Å²) in [5.41, 5.74) is 0.938. The number of anilines is 1. The third-order valence-corrected chi connectivity index (χ3v) is 2.90. The summed E-state index contributed by atoms with van der Waals surface area (Å²) in [6.45, 7) is 0. The van der Waals surface area contributed by atoms with E-state index >= 15 is 0 Å². The summed E-state index contributed by atoms with van der Waals surface area (Å²) in [5, 5.41) is 14.7. The molecule has 0 aliphatic carbocycles. The highest BCUT2D eigenvalue weighted by atomic mass is 35.5. The fourth-order valence-corrected chi connectivity index (χ4v) is 1.90. The van der Waals surface area contributed by atoms with Crippen molar-refractivity contribution in [2.75, 3.05) is 5.32 Å². The first kappa shape index (κ1) is 13.3. The van der Waals surface area contributed by atoms with E-state index in [0.717, 1.165) is 0 Å². The molecular formula is C13H10ClN5O2. The predicted molar refractivity (Wildman–Crippen MR) is 75.9 cm³/mol. The Balaban J connectivity index is 1.77. The summed E-state index contributed by atoms with van der Waals surface area (Å²) < 4.78 is 6.96. The zero-order chi connectivity index (χ0) is 14.8. The van der Waals surface area contributed by atoms with Gasteiger partial charge in [0.25, 0.3) is 11.8 Å². The SMILES string of the molecule is Cn1ccc(-c2nnc(NC(=O)c3cccc(Cl)c3)o2)n1. The van der Waals surface area contributed by atoms with Crippen molar-refractivity contribution in [2.45, 2.75) is 0 Å². The van der Waals surface area contributed by atoms with Crippen LogP contribution in [0.5, 0.6) is 0 Å². The number of aromatic nitrogens is 4. The van der Waals surface area contributed by atoms with E-state index in [1.807, 2.05) is 0 Å². The van der Waals surface area contributed by atoms with Gasteiger partial charge in [-0.25, -0.2) is 0 Å². The number of carbonyl (C=O) groups is 1. The van der Waals surface area contributed by atoms with Crippen LogP contribution in [0.25, 0.3) is 11.6 Å². The first-order chi connectivity index (χ1) is 10.1. The van der Waals surface area contributed by atoms with Crippen molar-refractivity contribution in [1.82, 2.24) is 20.0 Å². The molecule has 21 heavy (non-hydrogen) atoms. The van der Waals surface area contributed by atoms with Gasteiger partial charge in [0.2, 0.25) is 0 Å². The maximum atomic E-state index is 12.0. The van der Waals surface area contributed by atoms with E-state index in [-0.39, 0.29) is 17.8 Å². The van der Waals surface area contributed by atoms with Crippen LogP contribution in [0.1, 0.15) is 10.4 Å². The van der Waals surface area contributed by atoms with Gasteiger partial charge in [0.05, 0.1) is 0 Å². The number of amides is 1. The van der Waals surface area contributed by atoms with Gasteiger partial charge >= 0.3 is 6.01 Å². The van der Waals surface area contributed by atoms with Crippen LogP contribution in [0, 0.1) is 0 Å². The fraction of sp³-hybridized carbons (Fsp3) is 0.0769. The van der Waals surface area contributed by atoms with Gasteiger partial charge in [-0.1, -0.05) is 22.8 Å². The van der Waals surface area contributed by atoms with E-state index in [2.05, 4.69) is 20.6 Å². The van der Waals surface area contributed by atoms with Crippen LogP contribution < -0.4 is 5.32 Å². The van der Waals surface area contributed by atoms with Gasteiger partial charge in [0.15, 0.2) is 0 Å². The molecule has 2 heterocycles. The summed E-state index contributed by atoms with van der Waals surface area (Å²) in [4.78, 5) is 12.0. The Hall–Kier alpha value is -2.67. The normalized spacial score (nSPS) is 10.6. The van der Waals surface area contributed by atoms with E-state index in [4.69, 9.17) is 16.0 Å². The Morgan fingerprint density at radius 2 is 2.19 bits per heavy atom. The van der Waals surface area contributed by atoms with Crippen molar-refractivity contribution in [3.8, 4) is 11.6 Å². The largest absolute Gasteiger partial charge is 0.401 e. The highest BCUT2D eigenvalue weighted by Gasteiger charge is 2.14. The predicted octanol–water partition coefficient (Wildman–Crippen LogP) is 2.38. The van der Waals surface area contributed by atoms with Gasteiger partial charge in [-0.05, 0) is 24.3 Å². The number of benzene rings is 1. The maximum Gasteiger partial charge on any atom is 0.322 e. The molecule has 0 fully saturated rings. The first-order valence-corrected chi connectivity index (χ1v) is 6.40. The van der Waals surface area contributed by atoms with Crippen molar-refractivity contribution < 1.29 is 9.21 Å². The number of halogens is 1. The van der Waals surface area contributed by atoms with Crippen LogP contribution in [-0.2, 0) is 7.05 Å². The summed E-state index contributed by atoms with van der Waals surface area (Å²) >= 11 is 5.84. The number of nitrogens with zero attached hydrogens (tertiary/aromatic N) is 4. The lowest BCUT2D eigenvalue weighted by atomic mass is 10.2. The van der Waals surface area contributed by atoms with Crippen LogP contribution in [-0.4, -0.2) is 25.9 Å². The highest BCUT2D eigenvalue weighted by Crippen LogP contribution is 2.18. The Morgan fingerprint density at radius 1 is 1.33 bits per heavy atom. The Morgan fingerprint density at radius 3 is 2.90 bits per heavy atom. The minimum Gasteiger partial charge on any atom is -0.401 e. The van der Waals surface area contributed by atoms with Crippen molar-refractivity contribution in [3.63, 3.8) is 0 Å². The van der Waals surface area contributed by atoms with Gasteiger partial charge in [-0.2, -0.15) is 5.10 Å². The van der Waals surface area contributed by atoms with E-state index in [1.165, 1.54) is 0 Å². The van der Waals surface area contributed by atoms with Gasteiger partial charge in [-0.3, -0.25) is 14.8 Å². The van der Waals surface area contributed by atoms with Gasteiger partial charge in [-0.15, -0.1) is 5.10 Å². The molecule has 7 nitrogen and oxygen atoms in total. The third kappa shape index (κ3) is 2.92. The zero-order valence-electron chi connectivity index (χ0n) is 10.9. The van der Waals surface area contributed by atoms with Crippen molar-refractivity contribution in [1.29, 1.82) is 0 Å². The number of aryl methyl sites for hydroxylation is 1. The molecule has 2 aromatic heterocycles. The highest BCUT2D eigenvalue weighted by molar-refractivity contribution is 6.31. The first-order valence-electron chi connectivity index (χ1n) is 6.02. The smallest absolute Gasteiger partial charge is 0.322 e. The lowest BCUT2D eigenvalue weighted by molar-refractivity contribution is 0.102.